The molecule has 3 nitrogen and oxygen atoms in total. The van der Waals surface area contributed by atoms with Crippen molar-refractivity contribution in [1.82, 2.24) is 9.55 Å². The third kappa shape index (κ3) is 2.82. The number of rotatable bonds is 5. The molecule has 1 N–H and O–H groups in total. The maximum atomic E-state index is 4.59. The zero-order chi connectivity index (χ0) is 11.7. The molecule has 0 aliphatic heterocycles. The second-order valence-electron chi connectivity index (χ2n) is 5.76. The molecule has 1 aromatic heterocycles. The van der Waals surface area contributed by atoms with E-state index in [0.717, 1.165) is 24.1 Å². The molecule has 0 atom stereocenters. The van der Waals surface area contributed by atoms with Crippen LogP contribution in [0.25, 0.3) is 0 Å². The zero-order valence-electron chi connectivity index (χ0n) is 10.8. The monoisotopic (exact) mass is 233 g/mol. The van der Waals surface area contributed by atoms with Crippen molar-refractivity contribution in [3.63, 3.8) is 0 Å². The van der Waals surface area contributed by atoms with Gasteiger partial charge in [0, 0.05) is 18.8 Å². The molecule has 2 aliphatic carbocycles. The highest BCUT2D eigenvalue weighted by Gasteiger charge is 2.23. The first-order valence-corrected chi connectivity index (χ1v) is 7.11. The van der Waals surface area contributed by atoms with Gasteiger partial charge in [-0.1, -0.05) is 25.7 Å². The molecule has 0 saturated heterocycles. The lowest BCUT2D eigenvalue weighted by molar-refractivity contribution is 0.459. The summed E-state index contributed by atoms with van der Waals surface area (Å²) in [4.78, 5) is 4.59. The average Bonchev–Trinajstić information content (AvgIpc) is 2.85. The first kappa shape index (κ1) is 11.1. The Morgan fingerprint density at radius 1 is 1.29 bits per heavy atom. The lowest BCUT2D eigenvalue weighted by Gasteiger charge is -2.12. The number of imidazole rings is 1. The van der Waals surface area contributed by atoms with Crippen LogP contribution in [0.15, 0.2) is 6.20 Å². The third-order valence-corrected chi connectivity index (χ3v) is 4.06. The normalized spacial score (nSPS) is 21.0. The predicted molar refractivity (Wildman–Crippen MR) is 70.2 cm³/mol. The topological polar surface area (TPSA) is 29.9 Å². The molecule has 2 saturated carbocycles. The standard InChI is InChI=1S/C14H23N3/c1-11-10-17(9-8-12-4-2-3-5-12)14(15-11)16-13-6-7-13/h10,12-13H,2-9H2,1H3,(H,15,16). The van der Waals surface area contributed by atoms with Crippen molar-refractivity contribution >= 4 is 5.95 Å². The van der Waals surface area contributed by atoms with Gasteiger partial charge in [-0.15, -0.1) is 0 Å². The fraction of sp³-hybridized carbons (Fsp3) is 0.786. The maximum absolute atomic E-state index is 4.59. The van der Waals surface area contributed by atoms with Gasteiger partial charge in [0.25, 0.3) is 0 Å². The van der Waals surface area contributed by atoms with Crippen LogP contribution >= 0.6 is 0 Å². The Bertz CT molecular complexity index is 373. The number of aryl methyl sites for hydroxylation is 2. The van der Waals surface area contributed by atoms with Gasteiger partial charge >= 0.3 is 0 Å². The van der Waals surface area contributed by atoms with E-state index in [9.17, 15) is 0 Å². The molecule has 0 unspecified atom stereocenters. The van der Waals surface area contributed by atoms with E-state index < -0.39 is 0 Å². The van der Waals surface area contributed by atoms with Gasteiger partial charge in [0.1, 0.15) is 0 Å². The molecule has 17 heavy (non-hydrogen) atoms. The van der Waals surface area contributed by atoms with Crippen molar-refractivity contribution in [3.8, 4) is 0 Å². The van der Waals surface area contributed by atoms with Gasteiger partial charge in [-0.25, -0.2) is 4.98 Å². The Morgan fingerprint density at radius 3 is 2.76 bits per heavy atom. The molecule has 2 fully saturated rings. The van der Waals surface area contributed by atoms with Crippen molar-refractivity contribution in [1.29, 1.82) is 0 Å². The number of hydrogen-bond donors (Lipinski definition) is 1. The summed E-state index contributed by atoms with van der Waals surface area (Å²) in [5.74, 6) is 2.06. The van der Waals surface area contributed by atoms with E-state index in [0.29, 0.717) is 6.04 Å². The van der Waals surface area contributed by atoms with Crippen LogP contribution in [0.1, 0.15) is 50.6 Å². The molecule has 0 spiro atoms. The van der Waals surface area contributed by atoms with Gasteiger partial charge in [-0.2, -0.15) is 0 Å². The highest BCUT2D eigenvalue weighted by atomic mass is 15.2. The first-order chi connectivity index (χ1) is 8.31. The van der Waals surface area contributed by atoms with Crippen LogP contribution in [0.5, 0.6) is 0 Å². The molecule has 3 heteroatoms. The molecule has 0 aromatic carbocycles. The number of anilines is 1. The zero-order valence-corrected chi connectivity index (χ0v) is 10.8. The minimum Gasteiger partial charge on any atom is -0.353 e. The minimum atomic E-state index is 0.696. The predicted octanol–water partition coefficient (Wildman–Crippen LogP) is 3.35. The maximum Gasteiger partial charge on any atom is 0.203 e. The fourth-order valence-electron chi connectivity index (χ4n) is 2.86. The quantitative estimate of drug-likeness (QED) is 0.845. The van der Waals surface area contributed by atoms with E-state index in [1.165, 1.54) is 44.9 Å². The van der Waals surface area contributed by atoms with E-state index in [-0.39, 0.29) is 0 Å². The molecular weight excluding hydrogens is 210 g/mol. The Kier molecular flexibility index (Phi) is 3.08. The molecule has 2 aliphatic rings. The number of nitrogens with zero attached hydrogens (tertiary/aromatic N) is 2. The van der Waals surface area contributed by atoms with Gasteiger partial charge in [0.05, 0.1) is 5.69 Å². The summed E-state index contributed by atoms with van der Waals surface area (Å²) < 4.78 is 2.33. The van der Waals surface area contributed by atoms with Crippen LogP contribution in [0, 0.1) is 12.8 Å². The van der Waals surface area contributed by atoms with Crippen LogP contribution in [-0.4, -0.2) is 15.6 Å². The van der Waals surface area contributed by atoms with E-state index in [1.54, 1.807) is 0 Å². The number of nitrogens with one attached hydrogen (secondary N) is 1. The summed E-state index contributed by atoms with van der Waals surface area (Å²) in [6.07, 6.45) is 11.9. The van der Waals surface area contributed by atoms with Crippen molar-refractivity contribution in [2.24, 2.45) is 5.92 Å². The number of aromatic nitrogens is 2. The summed E-state index contributed by atoms with van der Waals surface area (Å²) in [6, 6.07) is 0.696. The second kappa shape index (κ2) is 4.71. The van der Waals surface area contributed by atoms with Gasteiger partial charge in [-0.3, -0.25) is 0 Å². The highest BCUT2D eigenvalue weighted by molar-refractivity contribution is 5.32. The van der Waals surface area contributed by atoms with E-state index >= 15 is 0 Å². The molecule has 1 heterocycles. The van der Waals surface area contributed by atoms with Crippen molar-refractivity contribution in [3.05, 3.63) is 11.9 Å². The van der Waals surface area contributed by atoms with Gasteiger partial charge in [0.2, 0.25) is 5.95 Å². The van der Waals surface area contributed by atoms with Crippen molar-refractivity contribution < 1.29 is 0 Å². The van der Waals surface area contributed by atoms with Crippen LogP contribution < -0.4 is 5.32 Å². The summed E-state index contributed by atoms with van der Waals surface area (Å²) in [7, 11) is 0. The average molecular weight is 233 g/mol. The third-order valence-electron chi connectivity index (χ3n) is 4.06. The lowest BCUT2D eigenvalue weighted by atomic mass is 10.0. The fourth-order valence-corrected chi connectivity index (χ4v) is 2.86. The van der Waals surface area contributed by atoms with E-state index in [4.69, 9.17) is 0 Å². The Balaban J connectivity index is 1.59. The Hall–Kier alpha value is -0.990. The van der Waals surface area contributed by atoms with Gasteiger partial charge < -0.3 is 9.88 Å². The Morgan fingerprint density at radius 2 is 2.06 bits per heavy atom. The molecule has 0 bridgehead atoms. The van der Waals surface area contributed by atoms with Crippen molar-refractivity contribution in [2.45, 2.75) is 64.5 Å². The van der Waals surface area contributed by atoms with Gasteiger partial charge in [-0.05, 0) is 32.1 Å². The van der Waals surface area contributed by atoms with E-state index in [2.05, 4.69) is 28.0 Å². The number of hydrogen-bond acceptors (Lipinski definition) is 2. The lowest BCUT2D eigenvalue weighted by Crippen LogP contribution is -2.10. The molecule has 3 rings (SSSR count). The SMILES string of the molecule is Cc1cn(CCC2CCCC2)c(NC2CC2)n1. The molecule has 94 valence electrons. The summed E-state index contributed by atoms with van der Waals surface area (Å²) in [6.45, 7) is 3.23. The summed E-state index contributed by atoms with van der Waals surface area (Å²) in [5.41, 5.74) is 1.14. The van der Waals surface area contributed by atoms with Crippen LogP contribution in [0.4, 0.5) is 5.95 Å². The first-order valence-electron chi connectivity index (χ1n) is 7.11. The summed E-state index contributed by atoms with van der Waals surface area (Å²) in [5, 5.41) is 3.53. The summed E-state index contributed by atoms with van der Waals surface area (Å²) >= 11 is 0. The Labute approximate surface area is 104 Å². The van der Waals surface area contributed by atoms with Crippen LogP contribution in [-0.2, 0) is 6.54 Å². The molecule has 0 amide bonds. The molecule has 1 aromatic rings. The molecular formula is C14H23N3. The largest absolute Gasteiger partial charge is 0.353 e. The second-order valence-corrected chi connectivity index (χ2v) is 5.76. The molecule has 0 radical (unpaired) electrons. The smallest absolute Gasteiger partial charge is 0.203 e. The minimum absolute atomic E-state index is 0.696. The van der Waals surface area contributed by atoms with Crippen LogP contribution in [0.2, 0.25) is 0 Å². The van der Waals surface area contributed by atoms with E-state index in [1.807, 2.05) is 0 Å². The van der Waals surface area contributed by atoms with Crippen molar-refractivity contribution in [2.75, 3.05) is 5.32 Å². The van der Waals surface area contributed by atoms with Crippen LogP contribution in [0.3, 0.4) is 0 Å². The highest BCUT2D eigenvalue weighted by Crippen LogP contribution is 2.29. The van der Waals surface area contributed by atoms with Gasteiger partial charge in [0.15, 0.2) is 0 Å².